The summed E-state index contributed by atoms with van der Waals surface area (Å²) in [5.74, 6) is 2.11. The second-order valence-electron chi connectivity index (χ2n) is 11.3. The summed E-state index contributed by atoms with van der Waals surface area (Å²) in [6.07, 6.45) is 13.9. The van der Waals surface area contributed by atoms with Gasteiger partial charge >= 0.3 is 0 Å². The van der Waals surface area contributed by atoms with Crippen molar-refractivity contribution in [3.05, 3.63) is 35.5 Å². The van der Waals surface area contributed by atoms with Crippen molar-refractivity contribution in [2.75, 3.05) is 0 Å². The molecule has 3 aliphatic carbocycles. The van der Waals surface area contributed by atoms with Crippen LogP contribution in [0.25, 0.3) is 0 Å². The minimum Gasteiger partial charge on any atom is -0.393 e. The minimum atomic E-state index is -0.615. The van der Waals surface area contributed by atoms with Crippen LogP contribution in [0.5, 0.6) is 0 Å². The Morgan fingerprint density at radius 2 is 1.97 bits per heavy atom. The van der Waals surface area contributed by atoms with E-state index in [0.717, 1.165) is 29.9 Å². The number of allylic oxidation sites excluding steroid dienone is 3. The average molecular weight is 417 g/mol. The number of rotatable bonds is 6. The van der Waals surface area contributed by atoms with Crippen LogP contribution in [-0.2, 0) is 0 Å². The third-order valence-corrected chi connectivity index (χ3v) is 8.44. The molecule has 0 amide bonds. The molecule has 3 N–H and O–H groups in total. The molecule has 0 bridgehead atoms. The SMILES string of the molecule is C=C1/C(=C\C=C2/CCC[C@@]3(C)[C@H]2CC[C@H]3[C@H](C)CCCC(C)(C)O)C[C@@H](O)C[C@@H]1O. The number of aliphatic hydroxyl groups is 3. The third-order valence-electron chi connectivity index (χ3n) is 8.44. The standard InChI is InChI=1S/C27H44O3/c1-18(8-6-14-26(3,4)30)23-12-13-24-20(9-7-15-27(23,24)5)10-11-21-16-22(28)17-25(29)19(21)2/h10-11,18,22-25,28-30H,2,6-9,12-17H2,1,3-5H3/b20-10+,21-11-/t18-,22-,23+,24+,25+,27-/m1/s1. The molecule has 0 aromatic heterocycles. The van der Waals surface area contributed by atoms with Crippen molar-refractivity contribution in [3.63, 3.8) is 0 Å². The average Bonchev–Trinajstić information content (AvgIpc) is 3.00. The minimum absolute atomic E-state index is 0.374. The van der Waals surface area contributed by atoms with Gasteiger partial charge in [0.25, 0.3) is 0 Å². The van der Waals surface area contributed by atoms with Crippen LogP contribution >= 0.6 is 0 Å². The van der Waals surface area contributed by atoms with Gasteiger partial charge in [0.2, 0.25) is 0 Å². The Balaban J connectivity index is 1.70. The molecule has 0 radical (unpaired) electrons. The van der Waals surface area contributed by atoms with E-state index in [9.17, 15) is 15.3 Å². The highest BCUT2D eigenvalue weighted by atomic mass is 16.3. The van der Waals surface area contributed by atoms with Crippen LogP contribution < -0.4 is 0 Å². The van der Waals surface area contributed by atoms with Gasteiger partial charge in [-0.2, -0.15) is 0 Å². The van der Waals surface area contributed by atoms with Crippen LogP contribution in [0.1, 0.15) is 91.9 Å². The van der Waals surface area contributed by atoms with E-state index in [1.165, 1.54) is 38.5 Å². The highest BCUT2D eigenvalue weighted by Gasteiger charge is 2.50. The maximum atomic E-state index is 10.1. The lowest BCUT2D eigenvalue weighted by Crippen LogP contribution is -2.36. The summed E-state index contributed by atoms with van der Waals surface area (Å²) in [6, 6.07) is 0. The lowest BCUT2D eigenvalue weighted by Gasteiger charge is -2.44. The second kappa shape index (κ2) is 9.30. The molecular weight excluding hydrogens is 372 g/mol. The van der Waals surface area contributed by atoms with E-state index >= 15 is 0 Å². The maximum absolute atomic E-state index is 10.1. The number of aliphatic hydroxyl groups excluding tert-OH is 2. The van der Waals surface area contributed by atoms with E-state index in [-0.39, 0.29) is 0 Å². The Labute approximate surface area is 184 Å². The molecular formula is C27H44O3. The van der Waals surface area contributed by atoms with E-state index < -0.39 is 17.8 Å². The zero-order valence-corrected chi connectivity index (χ0v) is 19.7. The Hall–Kier alpha value is -0.900. The summed E-state index contributed by atoms with van der Waals surface area (Å²) in [4.78, 5) is 0. The molecule has 3 saturated carbocycles. The molecule has 30 heavy (non-hydrogen) atoms. The molecule has 3 heteroatoms. The van der Waals surface area contributed by atoms with Crippen molar-refractivity contribution in [2.45, 2.75) is 110 Å². The molecule has 170 valence electrons. The summed E-state index contributed by atoms with van der Waals surface area (Å²) in [7, 11) is 0. The molecule has 0 heterocycles. The van der Waals surface area contributed by atoms with E-state index in [0.29, 0.717) is 30.1 Å². The summed E-state index contributed by atoms with van der Waals surface area (Å²) in [5.41, 5.74) is 3.17. The van der Waals surface area contributed by atoms with Gasteiger partial charge in [0, 0.05) is 6.42 Å². The van der Waals surface area contributed by atoms with Gasteiger partial charge in [0.1, 0.15) is 0 Å². The van der Waals surface area contributed by atoms with Crippen molar-refractivity contribution in [3.8, 4) is 0 Å². The van der Waals surface area contributed by atoms with Gasteiger partial charge in [-0.15, -0.1) is 0 Å². The third kappa shape index (κ3) is 5.29. The summed E-state index contributed by atoms with van der Waals surface area (Å²) in [5, 5.41) is 30.2. The van der Waals surface area contributed by atoms with E-state index in [1.807, 2.05) is 13.8 Å². The highest BCUT2D eigenvalue weighted by Crippen LogP contribution is 2.60. The lowest BCUT2D eigenvalue weighted by molar-refractivity contribution is 0.0596. The first-order valence-corrected chi connectivity index (χ1v) is 12.2. The fourth-order valence-corrected chi connectivity index (χ4v) is 6.74. The van der Waals surface area contributed by atoms with Gasteiger partial charge in [-0.25, -0.2) is 0 Å². The molecule has 3 nitrogen and oxygen atoms in total. The highest BCUT2D eigenvalue weighted by molar-refractivity contribution is 5.38. The molecule has 3 rings (SSSR count). The summed E-state index contributed by atoms with van der Waals surface area (Å²) >= 11 is 0. The van der Waals surface area contributed by atoms with E-state index in [1.54, 1.807) is 5.57 Å². The maximum Gasteiger partial charge on any atom is 0.0811 e. The normalized spacial score (nSPS) is 38.8. The van der Waals surface area contributed by atoms with Gasteiger partial charge < -0.3 is 15.3 Å². The smallest absolute Gasteiger partial charge is 0.0811 e. The quantitative estimate of drug-likeness (QED) is 0.520. The first-order valence-electron chi connectivity index (χ1n) is 12.2. The van der Waals surface area contributed by atoms with Crippen LogP contribution in [0.4, 0.5) is 0 Å². The lowest BCUT2D eigenvalue weighted by atomic mass is 9.60. The van der Waals surface area contributed by atoms with Crippen LogP contribution in [0.15, 0.2) is 35.5 Å². The molecule has 0 aromatic rings. The number of hydrogen-bond donors (Lipinski definition) is 3. The molecule has 0 unspecified atom stereocenters. The van der Waals surface area contributed by atoms with Gasteiger partial charge in [-0.05, 0) is 93.1 Å². The molecule has 3 aliphatic rings. The number of fused-ring (bicyclic) bond motifs is 1. The molecule has 3 fully saturated rings. The first kappa shape index (κ1) is 23.8. The molecule has 0 aromatic carbocycles. The van der Waals surface area contributed by atoms with Crippen molar-refractivity contribution in [1.82, 2.24) is 0 Å². The topological polar surface area (TPSA) is 60.7 Å². The monoisotopic (exact) mass is 416 g/mol. The van der Waals surface area contributed by atoms with E-state index in [2.05, 4.69) is 32.6 Å². The van der Waals surface area contributed by atoms with Gasteiger partial charge in [-0.1, -0.05) is 51.0 Å². The Morgan fingerprint density at radius 3 is 2.67 bits per heavy atom. The molecule has 0 spiro atoms. The molecule has 0 saturated heterocycles. The van der Waals surface area contributed by atoms with E-state index in [4.69, 9.17) is 0 Å². The zero-order valence-electron chi connectivity index (χ0n) is 19.7. The van der Waals surface area contributed by atoms with Crippen LogP contribution in [0.3, 0.4) is 0 Å². The van der Waals surface area contributed by atoms with Crippen molar-refractivity contribution < 1.29 is 15.3 Å². The Kier molecular flexibility index (Phi) is 7.37. The van der Waals surface area contributed by atoms with Crippen molar-refractivity contribution in [2.24, 2.45) is 23.2 Å². The van der Waals surface area contributed by atoms with Crippen LogP contribution in [-0.4, -0.2) is 33.1 Å². The fourth-order valence-electron chi connectivity index (χ4n) is 6.74. The largest absolute Gasteiger partial charge is 0.393 e. The van der Waals surface area contributed by atoms with Gasteiger partial charge in [-0.3, -0.25) is 0 Å². The van der Waals surface area contributed by atoms with Crippen molar-refractivity contribution in [1.29, 1.82) is 0 Å². The summed E-state index contributed by atoms with van der Waals surface area (Å²) in [6.45, 7) is 12.8. The predicted octanol–water partition coefficient (Wildman–Crippen LogP) is 5.70. The first-order chi connectivity index (χ1) is 14.0. The molecule has 0 aliphatic heterocycles. The van der Waals surface area contributed by atoms with Crippen LogP contribution in [0, 0.1) is 23.2 Å². The van der Waals surface area contributed by atoms with Gasteiger partial charge in [0.15, 0.2) is 0 Å². The second-order valence-corrected chi connectivity index (χ2v) is 11.3. The fraction of sp³-hybridized carbons (Fsp3) is 0.778. The van der Waals surface area contributed by atoms with Crippen LogP contribution in [0.2, 0.25) is 0 Å². The Morgan fingerprint density at radius 1 is 1.23 bits per heavy atom. The summed E-state index contributed by atoms with van der Waals surface area (Å²) < 4.78 is 0. The van der Waals surface area contributed by atoms with Crippen molar-refractivity contribution >= 4 is 0 Å². The predicted molar refractivity (Wildman–Crippen MR) is 124 cm³/mol. The van der Waals surface area contributed by atoms with Gasteiger partial charge in [0.05, 0.1) is 17.8 Å². The zero-order chi connectivity index (χ0) is 22.1. The number of hydrogen-bond acceptors (Lipinski definition) is 3. The Bertz CT molecular complexity index is 683. The molecule has 6 atom stereocenters.